The molecule has 1 aliphatic heterocycles. The average Bonchev–Trinajstić information content (AvgIpc) is 3.46. The number of benzene rings is 3. The van der Waals surface area contributed by atoms with Crippen LogP contribution in [0.1, 0.15) is 43.5 Å². The van der Waals surface area contributed by atoms with Gasteiger partial charge in [-0.1, -0.05) is 59.8 Å². The summed E-state index contributed by atoms with van der Waals surface area (Å²) in [4.78, 5) is 33.2. The van der Waals surface area contributed by atoms with Crippen LogP contribution in [0.2, 0.25) is 5.02 Å². The zero-order valence-corrected chi connectivity index (χ0v) is 29.9. The summed E-state index contributed by atoms with van der Waals surface area (Å²) in [6, 6.07) is 18.2. The van der Waals surface area contributed by atoms with Crippen molar-refractivity contribution in [2.24, 2.45) is 0 Å². The lowest BCUT2D eigenvalue weighted by molar-refractivity contribution is -0.133. The van der Waals surface area contributed by atoms with Gasteiger partial charge in [0.1, 0.15) is 6.04 Å². The predicted molar refractivity (Wildman–Crippen MR) is 189 cm³/mol. The number of fused-ring (bicyclic) bond motifs is 1. The van der Waals surface area contributed by atoms with Crippen LogP contribution in [0, 0.1) is 6.92 Å². The van der Waals surface area contributed by atoms with Crippen LogP contribution in [-0.4, -0.2) is 58.3 Å². The number of aryl methyl sites for hydroxylation is 1. The number of nitrogens with one attached hydrogen (secondary N) is 2. The number of thioether (sulfide) groups is 1. The van der Waals surface area contributed by atoms with E-state index in [1.165, 1.54) is 18.9 Å². The van der Waals surface area contributed by atoms with E-state index in [0.29, 0.717) is 73.5 Å². The summed E-state index contributed by atoms with van der Waals surface area (Å²) >= 11 is 11.5. The van der Waals surface area contributed by atoms with Gasteiger partial charge in [-0.2, -0.15) is 4.98 Å². The second-order valence-electron chi connectivity index (χ2n) is 10.8. The Morgan fingerprint density at radius 3 is 2.53 bits per heavy atom. The first kappa shape index (κ1) is 34.3. The highest BCUT2D eigenvalue weighted by atomic mass is 79.9. The average molecular weight is 740 g/mol. The Kier molecular flexibility index (Phi) is 11.2. The number of halogens is 2. The minimum absolute atomic E-state index is 0.130. The number of allylic oxidation sites excluding steroid dienone is 1. The number of anilines is 2. The first-order chi connectivity index (χ1) is 22.6. The number of rotatable bonds is 12. The van der Waals surface area contributed by atoms with Crippen molar-refractivity contribution in [3.05, 3.63) is 98.1 Å². The van der Waals surface area contributed by atoms with Gasteiger partial charge in [0.05, 0.1) is 17.2 Å². The summed E-state index contributed by atoms with van der Waals surface area (Å²) in [6.07, 6.45) is 0. The number of methoxy groups -OCH3 is 1. The first-order valence-electron chi connectivity index (χ1n) is 15.1. The summed E-state index contributed by atoms with van der Waals surface area (Å²) in [6.45, 7) is 8.66. The van der Waals surface area contributed by atoms with Gasteiger partial charge in [-0.25, -0.2) is 4.68 Å². The molecule has 0 fully saturated rings. The van der Waals surface area contributed by atoms with Gasteiger partial charge in [0.15, 0.2) is 18.1 Å². The van der Waals surface area contributed by atoms with Gasteiger partial charge in [0.25, 0.3) is 11.8 Å². The molecule has 2 heterocycles. The highest BCUT2D eigenvalue weighted by molar-refractivity contribution is 9.10. The van der Waals surface area contributed by atoms with E-state index in [1.54, 1.807) is 15.6 Å². The Labute approximate surface area is 292 Å². The first-order valence-corrected chi connectivity index (χ1v) is 17.3. The van der Waals surface area contributed by atoms with Crippen molar-refractivity contribution in [1.82, 2.24) is 19.7 Å². The molecule has 47 heavy (non-hydrogen) atoms. The summed E-state index contributed by atoms with van der Waals surface area (Å²) in [5.74, 6) is 1.41. The number of likely N-dealkylation sites (N-methyl/N-ethyl adjacent to an activating group) is 1. The number of carbonyl (C=O) groups is 2. The lowest BCUT2D eigenvalue weighted by Gasteiger charge is -2.29. The number of ether oxygens (including phenoxy) is 2. The fraction of sp³-hybridized carbons (Fsp3) is 0.294. The number of hydrogen-bond acceptors (Lipinski definition) is 8. The Hall–Kier alpha value is -4.00. The van der Waals surface area contributed by atoms with Gasteiger partial charge in [-0.15, -0.1) is 5.10 Å². The molecular weight excluding hydrogens is 704 g/mol. The second-order valence-corrected chi connectivity index (χ2v) is 13.0. The fourth-order valence-corrected chi connectivity index (χ4v) is 6.98. The van der Waals surface area contributed by atoms with Gasteiger partial charge < -0.3 is 25.0 Å². The molecule has 13 heteroatoms. The van der Waals surface area contributed by atoms with E-state index in [4.69, 9.17) is 31.2 Å². The van der Waals surface area contributed by atoms with Crippen molar-refractivity contribution >= 4 is 62.7 Å². The van der Waals surface area contributed by atoms with E-state index in [-0.39, 0.29) is 18.4 Å². The van der Waals surface area contributed by atoms with Crippen LogP contribution in [0.4, 0.5) is 11.6 Å². The minimum Gasteiger partial charge on any atom is -0.493 e. The molecule has 1 unspecified atom stereocenters. The monoisotopic (exact) mass is 738 g/mol. The smallest absolute Gasteiger partial charge is 0.260 e. The van der Waals surface area contributed by atoms with Crippen molar-refractivity contribution in [1.29, 1.82) is 0 Å². The topological polar surface area (TPSA) is 111 Å². The van der Waals surface area contributed by atoms with Gasteiger partial charge in [-0.3, -0.25) is 9.59 Å². The molecule has 1 aromatic heterocycles. The Bertz CT molecular complexity index is 1830. The zero-order chi connectivity index (χ0) is 33.7. The van der Waals surface area contributed by atoms with Crippen LogP contribution in [0.5, 0.6) is 11.5 Å². The van der Waals surface area contributed by atoms with Crippen molar-refractivity contribution in [3.63, 3.8) is 0 Å². The summed E-state index contributed by atoms with van der Waals surface area (Å²) in [5, 5.41) is 12.4. The van der Waals surface area contributed by atoms with Crippen molar-refractivity contribution < 1.29 is 19.1 Å². The summed E-state index contributed by atoms with van der Waals surface area (Å²) < 4.78 is 14.0. The molecule has 0 aliphatic carbocycles. The summed E-state index contributed by atoms with van der Waals surface area (Å²) in [5.41, 5.74) is 4.38. The normalized spacial score (nSPS) is 13.9. The Balaban J connectivity index is 1.54. The molecule has 2 N–H and O–H groups in total. The van der Waals surface area contributed by atoms with Gasteiger partial charge in [0, 0.05) is 35.2 Å². The molecule has 0 saturated heterocycles. The van der Waals surface area contributed by atoms with E-state index >= 15 is 0 Å². The third-order valence-electron chi connectivity index (χ3n) is 7.81. The number of para-hydroxylation sites is 1. The lowest BCUT2D eigenvalue weighted by Crippen LogP contribution is -2.34. The molecule has 2 amide bonds. The molecule has 0 bridgehead atoms. The molecule has 4 aromatic rings. The number of amides is 2. The number of nitrogens with zero attached hydrogens (tertiary/aromatic N) is 4. The predicted octanol–water partition coefficient (Wildman–Crippen LogP) is 7.48. The number of aromatic nitrogens is 3. The second kappa shape index (κ2) is 15.3. The third-order valence-corrected chi connectivity index (χ3v) is 9.65. The van der Waals surface area contributed by atoms with E-state index in [9.17, 15) is 9.59 Å². The quantitative estimate of drug-likeness (QED) is 0.144. The van der Waals surface area contributed by atoms with Crippen LogP contribution >= 0.6 is 39.3 Å². The molecule has 10 nitrogen and oxygen atoms in total. The summed E-state index contributed by atoms with van der Waals surface area (Å²) in [7, 11) is 1.53. The van der Waals surface area contributed by atoms with Crippen LogP contribution in [0.15, 0.2) is 81.6 Å². The van der Waals surface area contributed by atoms with Crippen molar-refractivity contribution in [2.75, 3.05) is 37.4 Å². The highest BCUT2D eigenvalue weighted by Crippen LogP contribution is 2.43. The van der Waals surface area contributed by atoms with Crippen molar-refractivity contribution in [2.45, 2.75) is 44.6 Å². The van der Waals surface area contributed by atoms with Crippen molar-refractivity contribution in [3.8, 4) is 11.5 Å². The van der Waals surface area contributed by atoms with E-state index in [2.05, 4.69) is 26.6 Å². The number of hydrogen-bond donors (Lipinski definition) is 2. The standard InChI is InChI=1S/C34H36BrClN6O4S/c1-6-41(7-2)28(43)18-46-31-24(35)16-23(17-27(31)45-5)30-29(32(44)38-26-15-11-8-12-20(26)3)21(4)37-33-39-34(40-42(30)33)47-19-22-13-9-10-14-25(22)36/h8-17,30H,6-7,18-19H2,1-5H3,(H,38,44)(H,37,39,40). The maximum Gasteiger partial charge on any atom is 0.260 e. The zero-order valence-electron chi connectivity index (χ0n) is 26.8. The lowest BCUT2D eigenvalue weighted by atomic mass is 9.94. The van der Waals surface area contributed by atoms with Gasteiger partial charge in [0.2, 0.25) is 11.1 Å². The molecule has 0 radical (unpaired) electrons. The largest absolute Gasteiger partial charge is 0.493 e. The van der Waals surface area contributed by atoms with Crippen LogP contribution in [-0.2, 0) is 15.3 Å². The molecule has 246 valence electrons. The number of carbonyl (C=O) groups excluding carboxylic acids is 2. The molecule has 0 spiro atoms. The maximum atomic E-state index is 14.1. The van der Waals surface area contributed by atoms with E-state index in [0.717, 1.165) is 11.1 Å². The van der Waals surface area contributed by atoms with E-state index < -0.39 is 6.04 Å². The van der Waals surface area contributed by atoms with Crippen LogP contribution < -0.4 is 20.1 Å². The molecule has 1 atom stereocenters. The SMILES string of the molecule is CCN(CC)C(=O)COc1c(Br)cc(C2C(C(=O)Nc3ccccc3C)=C(C)Nc3nc(SCc4ccccc4Cl)nn32)cc1OC. The third kappa shape index (κ3) is 7.61. The highest BCUT2D eigenvalue weighted by Gasteiger charge is 2.36. The Morgan fingerprint density at radius 2 is 1.83 bits per heavy atom. The van der Waals surface area contributed by atoms with Gasteiger partial charge >= 0.3 is 0 Å². The molecule has 1 aliphatic rings. The molecule has 0 saturated carbocycles. The molecule has 3 aromatic carbocycles. The van der Waals surface area contributed by atoms with E-state index in [1.807, 2.05) is 82.3 Å². The minimum atomic E-state index is -0.686. The molecule has 5 rings (SSSR count). The fourth-order valence-electron chi connectivity index (χ4n) is 5.29. The van der Waals surface area contributed by atoms with Gasteiger partial charge in [-0.05, 0) is 84.6 Å². The van der Waals surface area contributed by atoms with Crippen LogP contribution in [0.25, 0.3) is 0 Å². The Morgan fingerprint density at radius 1 is 1.11 bits per heavy atom. The maximum absolute atomic E-state index is 14.1. The molecular formula is C34H36BrClN6O4S. The van der Waals surface area contributed by atoms with Crippen LogP contribution in [0.3, 0.4) is 0 Å².